The van der Waals surface area contributed by atoms with Crippen molar-refractivity contribution in [1.29, 1.82) is 0 Å². The van der Waals surface area contributed by atoms with Crippen molar-refractivity contribution in [2.75, 3.05) is 13.1 Å². The maximum absolute atomic E-state index is 5.88. The monoisotopic (exact) mass is 278 g/mol. The summed E-state index contributed by atoms with van der Waals surface area (Å²) in [6.45, 7) is 6.62. The summed E-state index contributed by atoms with van der Waals surface area (Å²) in [5.74, 6) is 3.57. The molecule has 114 valence electrons. The van der Waals surface area contributed by atoms with Crippen LogP contribution in [0.5, 0.6) is 0 Å². The second-order valence-corrected chi connectivity index (χ2v) is 6.63. The van der Waals surface area contributed by atoms with Gasteiger partial charge in [0.1, 0.15) is 5.76 Å². The number of nitrogens with zero attached hydrogens (tertiary/aromatic N) is 1. The van der Waals surface area contributed by atoms with Crippen LogP contribution in [-0.4, -0.2) is 18.1 Å². The fourth-order valence-corrected chi connectivity index (χ4v) is 2.99. The van der Waals surface area contributed by atoms with E-state index in [9.17, 15) is 0 Å². The Kier molecular flexibility index (Phi) is 6.58. The molecule has 1 N–H and O–H groups in total. The van der Waals surface area contributed by atoms with Gasteiger partial charge in [-0.1, -0.05) is 46.0 Å². The van der Waals surface area contributed by atoms with Crippen LogP contribution in [0.25, 0.3) is 0 Å². The molecular formula is C17H30N2O. The van der Waals surface area contributed by atoms with Gasteiger partial charge < -0.3 is 9.73 Å². The van der Waals surface area contributed by atoms with Gasteiger partial charge in [-0.15, -0.1) is 0 Å². The van der Waals surface area contributed by atoms with E-state index in [1.807, 2.05) is 6.20 Å². The predicted octanol–water partition coefficient (Wildman–Crippen LogP) is 3.98. The fraction of sp³-hybridized carbons (Fsp3) is 0.824. The minimum Gasteiger partial charge on any atom is -0.446 e. The maximum Gasteiger partial charge on any atom is 0.194 e. The van der Waals surface area contributed by atoms with E-state index < -0.39 is 0 Å². The van der Waals surface area contributed by atoms with Gasteiger partial charge >= 0.3 is 0 Å². The van der Waals surface area contributed by atoms with Crippen molar-refractivity contribution in [2.45, 2.75) is 65.2 Å². The number of nitrogens with one attached hydrogen (secondary N) is 1. The van der Waals surface area contributed by atoms with Gasteiger partial charge in [0, 0.05) is 12.8 Å². The van der Waals surface area contributed by atoms with Crippen molar-refractivity contribution in [3.63, 3.8) is 0 Å². The summed E-state index contributed by atoms with van der Waals surface area (Å²) in [5, 5.41) is 3.46. The van der Waals surface area contributed by atoms with Crippen LogP contribution >= 0.6 is 0 Å². The largest absolute Gasteiger partial charge is 0.446 e. The maximum atomic E-state index is 5.88. The Morgan fingerprint density at radius 3 is 2.85 bits per heavy atom. The number of aromatic nitrogens is 1. The van der Waals surface area contributed by atoms with Gasteiger partial charge in [-0.3, -0.25) is 0 Å². The zero-order valence-corrected chi connectivity index (χ0v) is 13.2. The molecule has 1 fully saturated rings. The smallest absolute Gasteiger partial charge is 0.194 e. The van der Waals surface area contributed by atoms with Crippen LogP contribution in [0.15, 0.2) is 10.6 Å². The van der Waals surface area contributed by atoms with E-state index in [2.05, 4.69) is 24.1 Å². The summed E-state index contributed by atoms with van der Waals surface area (Å²) >= 11 is 0. The molecule has 0 amide bonds. The summed E-state index contributed by atoms with van der Waals surface area (Å²) in [6.07, 6.45) is 12.1. The molecule has 0 saturated heterocycles. The van der Waals surface area contributed by atoms with Gasteiger partial charge in [0.05, 0.1) is 6.20 Å². The number of rotatable bonds is 8. The standard InChI is InChI=1S/C17H30N2O/c1-14(2)12-18-10-6-9-17-19-13-16(20-17)11-15-7-4-3-5-8-15/h13-15,18H,3-12H2,1-2H3. The lowest BCUT2D eigenvalue weighted by Gasteiger charge is -2.19. The first kappa shape index (κ1) is 15.6. The molecule has 0 aliphatic heterocycles. The van der Waals surface area contributed by atoms with Crippen molar-refractivity contribution < 1.29 is 4.42 Å². The molecule has 0 radical (unpaired) electrons. The molecule has 3 heteroatoms. The molecule has 1 aliphatic rings. The highest BCUT2D eigenvalue weighted by Gasteiger charge is 2.16. The Balaban J connectivity index is 1.64. The molecule has 1 aliphatic carbocycles. The summed E-state index contributed by atoms with van der Waals surface area (Å²) in [5.41, 5.74) is 0. The van der Waals surface area contributed by atoms with Crippen LogP contribution < -0.4 is 5.32 Å². The van der Waals surface area contributed by atoms with E-state index >= 15 is 0 Å². The zero-order valence-electron chi connectivity index (χ0n) is 13.2. The molecule has 0 unspecified atom stereocenters. The molecule has 0 spiro atoms. The van der Waals surface area contributed by atoms with Crippen molar-refractivity contribution in [2.24, 2.45) is 11.8 Å². The number of hydrogen-bond donors (Lipinski definition) is 1. The topological polar surface area (TPSA) is 38.1 Å². The van der Waals surface area contributed by atoms with Gasteiger partial charge in [-0.05, 0) is 31.3 Å². The van der Waals surface area contributed by atoms with Gasteiger partial charge in [0.25, 0.3) is 0 Å². The first-order valence-electron chi connectivity index (χ1n) is 8.38. The highest BCUT2D eigenvalue weighted by Crippen LogP contribution is 2.27. The van der Waals surface area contributed by atoms with Gasteiger partial charge in [-0.2, -0.15) is 0 Å². The third-order valence-electron chi connectivity index (χ3n) is 4.11. The number of oxazole rings is 1. The van der Waals surface area contributed by atoms with Gasteiger partial charge in [0.2, 0.25) is 0 Å². The van der Waals surface area contributed by atoms with Crippen LogP contribution in [-0.2, 0) is 12.8 Å². The molecule has 0 aromatic carbocycles. The minimum absolute atomic E-state index is 0.721. The zero-order chi connectivity index (χ0) is 14.2. The molecule has 1 aromatic rings. The van der Waals surface area contributed by atoms with E-state index in [4.69, 9.17) is 4.42 Å². The number of aryl methyl sites for hydroxylation is 1. The van der Waals surface area contributed by atoms with Crippen molar-refractivity contribution in [1.82, 2.24) is 10.3 Å². The van der Waals surface area contributed by atoms with Gasteiger partial charge in [0.15, 0.2) is 5.89 Å². The Morgan fingerprint density at radius 1 is 1.30 bits per heavy atom. The van der Waals surface area contributed by atoms with E-state index in [0.29, 0.717) is 0 Å². The van der Waals surface area contributed by atoms with E-state index in [1.165, 1.54) is 32.1 Å². The van der Waals surface area contributed by atoms with E-state index in [-0.39, 0.29) is 0 Å². The SMILES string of the molecule is CC(C)CNCCCc1ncc(CC2CCCCC2)o1. The first-order valence-corrected chi connectivity index (χ1v) is 8.38. The van der Waals surface area contributed by atoms with Crippen LogP contribution in [0.4, 0.5) is 0 Å². The lowest BCUT2D eigenvalue weighted by Crippen LogP contribution is -2.21. The summed E-state index contributed by atoms with van der Waals surface area (Å²) in [4.78, 5) is 4.42. The predicted molar refractivity (Wildman–Crippen MR) is 82.8 cm³/mol. The average Bonchev–Trinajstić information content (AvgIpc) is 2.87. The summed E-state index contributed by atoms with van der Waals surface area (Å²) in [7, 11) is 0. The van der Waals surface area contributed by atoms with Crippen LogP contribution in [0.3, 0.4) is 0 Å². The second kappa shape index (κ2) is 8.46. The molecule has 0 bridgehead atoms. The fourth-order valence-electron chi connectivity index (χ4n) is 2.99. The normalized spacial score (nSPS) is 16.9. The van der Waals surface area contributed by atoms with E-state index in [1.54, 1.807) is 0 Å². The van der Waals surface area contributed by atoms with Crippen molar-refractivity contribution in [3.8, 4) is 0 Å². The van der Waals surface area contributed by atoms with Crippen LogP contribution in [0, 0.1) is 11.8 Å². The molecule has 1 saturated carbocycles. The van der Waals surface area contributed by atoms with Crippen LogP contribution in [0.1, 0.15) is 64.0 Å². The first-order chi connectivity index (χ1) is 9.74. The Hall–Kier alpha value is -0.830. The molecule has 20 heavy (non-hydrogen) atoms. The van der Waals surface area contributed by atoms with E-state index in [0.717, 1.165) is 55.8 Å². The Morgan fingerprint density at radius 2 is 2.10 bits per heavy atom. The highest BCUT2D eigenvalue weighted by atomic mass is 16.4. The molecule has 0 atom stereocenters. The molecule has 2 rings (SSSR count). The Labute approximate surface area is 123 Å². The van der Waals surface area contributed by atoms with Gasteiger partial charge in [-0.25, -0.2) is 4.98 Å². The third-order valence-corrected chi connectivity index (χ3v) is 4.11. The van der Waals surface area contributed by atoms with Crippen molar-refractivity contribution in [3.05, 3.63) is 17.8 Å². The third kappa shape index (κ3) is 5.66. The summed E-state index contributed by atoms with van der Waals surface area (Å²) in [6, 6.07) is 0. The lowest BCUT2D eigenvalue weighted by molar-refractivity contribution is 0.328. The quantitative estimate of drug-likeness (QED) is 0.731. The van der Waals surface area contributed by atoms with Crippen LogP contribution in [0.2, 0.25) is 0 Å². The molecule has 1 heterocycles. The molecule has 1 aromatic heterocycles. The lowest BCUT2D eigenvalue weighted by atomic mass is 9.86. The molecule has 3 nitrogen and oxygen atoms in total. The second-order valence-electron chi connectivity index (χ2n) is 6.63. The van der Waals surface area contributed by atoms with Crippen molar-refractivity contribution >= 4 is 0 Å². The highest BCUT2D eigenvalue weighted by molar-refractivity contribution is 4.96. The number of hydrogen-bond acceptors (Lipinski definition) is 3. The molecular weight excluding hydrogens is 248 g/mol. The Bertz CT molecular complexity index is 367. The average molecular weight is 278 g/mol. The summed E-state index contributed by atoms with van der Waals surface area (Å²) < 4.78 is 5.88. The minimum atomic E-state index is 0.721.